The summed E-state index contributed by atoms with van der Waals surface area (Å²) in [5.41, 5.74) is 4.59. The molecule has 0 radical (unpaired) electrons. The molecule has 0 saturated heterocycles. The molecule has 0 aliphatic rings. The molecule has 0 heterocycles. The molecule has 0 fully saturated rings. The molecule has 1 rings (SSSR count). The van der Waals surface area contributed by atoms with E-state index in [1.165, 1.54) is 6.92 Å². The average Bonchev–Trinajstić information content (AvgIpc) is 2.09. The van der Waals surface area contributed by atoms with Gasteiger partial charge in [-0.25, -0.2) is 0 Å². The minimum Gasteiger partial charge on any atom is -0.396 e. The van der Waals surface area contributed by atoms with E-state index < -0.39 is 25.6 Å². The third-order valence-corrected chi connectivity index (χ3v) is 3.27. The number of rotatable bonds is 2. The van der Waals surface area contributed by atoms with Crippen molar-refractivity contribution in [3.63, 3.8) is 0 Å². The molecule has 0 aromatic heterocycles. The molecule has 88 valence electrons. The fourth-order valence-electron chi connectivity index (χ4n) is 1.22. The van der Waals surface area contributed by atoms with Gasteiger partial charge >= 0.3 is 0 Å². The number of aryl methyl sites for hydroxylation is 1. The van der Waals surface area contributed by atoms with E-state index in [1.54, 1.807) is 0 Å². The van der Waals surface area contributed by atoms with Crippen LogP contribution in [0.5, 0.6) is 0 Å². The highest BCUT2D eigenvalue weighted by Crippen LogP contribution is 2.36. The van der Waals surface area contributed by atoms with Crippen molar-refractivity contribution in [1.82, 2.24) is 0 Å². The number of hydrogen-bond donors (Lipinski definition) is 3. The van der Waals surface area contributed by atoms with E-state index in [1.807, 2.05) is 0 Å². The van der Waals surface area contributed by atoms with Crippen molar-refractivity contribution in [2.45, 2.75) is 16.7 Å². The molecule has 0 spiro atoms. The summed E-state index contributed by atoms with van der Waals surface area (Å²) in [5.74, 6) is 0. The molecule has 7 nitrogen and oxygen atoms in total. The van der Waals surface area contributed by atoms with E-state index in [4.69, 9.17) is 10.3 Å². The predicted octanol–water partition coefficient (Wildman–Crippen LogP) is 1.02. The van der Waals surface area contributed by atoms with Crippen LogP contribution in [0.1, 0.15) is 5.56 Å². The molecule has 0 bridgehead atoms. The Morgan fingerprint density at radius 1 is 1.56 bits per heavy atom. The van der Waals surface area contributed by atoms with Crippen LogP contribution in [-0.4, -0.2) is 17.9 Å². The minimum absolute atomic E-state index is 0.0526. The van der Waals surface area contributed by atoms with Crippen molar-refractivity contribution in [3.05, 3.63) is 21.7 Å². The summed E-state index contributed by atoms with van der Waals surface area (Å²) in [5, 5.41) is 10.6. The van der Waals surface area contributed by atoms with Gasteiger partial charge in [0.05, 0.1) is 10.6 Å². The predicted molar refractivity (Wildman–Crippen MR) is 59.3 cm³/mol. The highest BCUT2D eigenvalue weighted by atomic mass is 32.2. The first-order chi connectivity index (χ1) is 7.16. The quantitative estimate of drug-likeness (QED) is 0.241. The van der Waals surface area contributed by atoms with Gasteiger partial charge in [0.15, 0.2) is 0 Å². The number of thiol groups is 1. The molecular weight excluding hydrogens is 256 g/mol. The maximum absolute atomic E-state index is 10.9. The Hall–Kier alpha value is -1.32. The summed E-state index contributed by atoms with van der Waals surface area (Å²) >= 11 is 3.78. The Kier molecular flexibility index (Phi) is 3.13. The van der Waals surface area contributed by atoms with Crippen molar-refractivity contribution in [3.8, 4) is 0 Å². The van der Waals surface area contributed by atoms with Gasteiger partial charge < -0.3 is 5.73 Å². The van der Waals surface area contributed by atoms with E-state index in [9.17, 15) is 18.5 Å². The molecule has 0 atom stereocenters. The second-order valence-electron chi connectivity index (χ2n) is 3.03. The van der Waals surface area contributed by atoms with Crippen LogP contribution in [0, 0.1) is 17.0 Å². The van der Waals surface area contributed by atoms with Crippen LogP contribution in [0.15, 0.2) is 15.9 Å². The molecule has 0 amide bonds. The monoisotopic (exact) mass is 264 g/mol. The van der Waals surface area contributed by atoms with Crippen LogP contribution < -0.4 is 5.73 Å². The maximum Gasteiger partial charge on any atom is 0.296 e. The smallest absolute Gasteiger partial charge is 0.296 e. The maximum atomic E-state index is 10.9. The van der Waals surface area contributed by atoms with Crippen molar-refractivity contribution >= 4 is 34.1 Å². The molecule has 0 aliphatic heterocycles. The van der Waals surface area contributed by atoms with Crippen molar-refractivity contribution in [2.75, 3.05) is 5.73 Å². The molecule has 0 aliphatic carbocycles. The lowest BCUT2D eigenvalue weighted by Crippen LogP contribution is -2.07. The highest BCUT2D eigenvalue weighted by molar-refractivity contribution is 7.86. The average molecular weight is 264 g/mol. The van der Waals surface area contributed by atoms with Gasteiger partial charge in [-0.15, -0.1) is 12.6 Å². The first-order valence-corrected chi connectivity index (χ1v) is 5.79. The number of nitrogens with zero attached hydrogens (tertiary/aromatic N) is 1. The summed E-state index contributed by atoms with van der Waals surface area (Å²) in [7, 11) is -4.52. The van der Waals surface area contributed by atoms with Crippen molar-refractivity contribution in [1.29, 1.82) is 0 Å². The first-order valence-electron chi connectivity index (χ1n) is 3.90. The second-order valence-corrected chi connectivity index (χ2v) is 4.87. The molecule has 3 N–H and O–H groups in total. The van der Waals surface area contributed by atoms with Gasteiger partial charge in [-0.2, -0.15) is 8.42 Å². The zero-order chi connectivity index (χ0) is 12.7. The third kappa shape index (κ3) is 2.10. The largest absolute Gasteiger partial charge is 0.396 e. The highest BCUT2D eigenvalue weighted by Gasteiger charge is 2.25. The second kappa shape index (κ2) is 3.92. The molecule has 1 aromatic carbocycles. The molecular formula is C7H8N2O5S2. The molecule has 1 aromatic rings. The Morgan fingerprint density at radius 2 is 2.06 bits per heavy atom. The van der Waals surface area contributed by atoms with E-state index in [2.05, 4.69) is 12.6 Å². The van der Waals surface area contributed by atoms with Crippen molar-refractivity contribution < 1.29 is 17.9 Å². The van der Waals surface area contributed by atoms with E-state index in [0.29, 0.717) is 0 Å². The summed E-state index contributed by atoms with van der Waals surface area (Å²) < 4.78 is 30.7. The topological polar surface area (TPSA) is 124 Å². The molecule has 0 unspecified atom stereocenters. The van der Waals surface area contributed by atoms with Gasteiger partial charge in [-0.1, -0.05) is 0 Å². The number of nitrogens with two attached hydrogens (primary N) is 1. The van der Waals surface area contributed by atoms with Crippen LogP contribution in [-0.2, 0) is 10.1 Å². The number of anilines is 1. The standard InChI is InChI=1S/C7H8N2O5S2/c1-3-2-4(16(12,13)14)5(8)7(15)6(3)9(10)11/h2,15H,8H2,1H3,(H,12,13,14). The zero-order valence-electron chi connectivity index (χ0n) is 8.04. The lowest BCUT2D eigenvalue weighted by atomic mass is 10.2. The van der Waals surface area contributed by atoms with Crippen LogP contribution in [0.4, 0.5) is 11.4 Å². The third-order valence-electron chi connectivity index (χ3n) is 1.93. The molecule has 16 heavy (non-hydrogen) atoms. The number of benzene rings is 1. The van der Waals surface area contributed by atoms with Crippen LogP contribution >= 0.6 is 12.6 Å². The summed E-state index contributed by atoms with van der Waals surface area (Å²) in [6.45, 7) is 1.33. The number of nitro benzene ring substituents is 1. The van der Waals surface area contributed by atoms with Gasteiger partial charge in [-0.3, -0.25) is 14.7 Å². The zero-order valence-corrected chi connectivity index (χ0v) is 9.75. The van der Waals surface area contributed by atoms with Crippen LogP contribution in [0.3, 0.4) is 0 Å². The van der Waals surface area contributed by atoms with Gasteiger partial charge in [0, 0.05) is 5.56 Å². The SMILES string of the molecule is Cc1cc(S(=O)(=O)O)c(N)c(S)c1[N+](=O)[O-]. The lowest BCUT2D eigenvalue weighted by molar-refractivity contribution is -0.388. The fraction of sp³-hybridized carbons (Fsp3) is 0.143. The van der Waals surface area contributed by atoms with E-state index in [-0.39, 0.29) is 16.1 Å². The number of nitrogen functional groups attached to an aromatic ring is 1. The fourth-order valence-corrected chi connectivity index (χ4v) is 2.38. The van der Waals surface area contributed by atoms with Gasteiger partial charge in [-0.05, 0) is 13.0 Å². The van der Waals surface area contributed by atoms with Crippen molar-refractivity contribution in [2.24, 2.45) is 0 Å². The summed E-state index contributed by atoms with van der Waals surface area (Å²) in [4.78, 5) is 9.06. The Morgan fingerprint density at radius 3 is 2.44 bits per heavy atom. The van der Waals surface area contributed by atoms with Crippen LogP contribution in [0.2, 0.25) is 0 Å². The normalized spacial score (nSPS) is 11.4. The van der Waals surface area contributed by atoms with Gasteiger partial charge in [0.1, 0.15) is 9.79 Å². The van der Waals surface area contributed by atoms with Crippen LogP contribution in [0.25, 0.3) is 0 Å². The molecule has 9 heteroatoms. The Balaban J connectivity index is 3.72. The lowest BCUT2D eigenvalue weighted by Gasteiger charge is -2.08. The summed E-state index contributed by atoms with van der Waals surface area (Å²) in [6.07, 6.45) is 0. The number of nitro groups is 1. The van der Waals surface area contributed by atoms with Gasteiger partial charge in [0.2, 0.25) is 0 Å². The number of hydrogen-bond acceptors (Lipinski definition) is 6. The van der Waals surface area contributed by atoms with Gasteiger partial charge in [0.25, 0.3) is 15.8 Å². The molecule has 0 saturated carbocycles. The minimum atomic E-state index is -4.52. The summed E-state index contributed by atoms with van der Waals surface area (Å²) in [6, 6.07) is 0.933. The Bertz CT molecular complexity index is 567. The first kappa shape index (κ1) is 12.7. The van der Waals surface area contributed by atoms with E-state index in [0.717, 1.165) is 6.07 Å². The van der Waals surface area contributed by atoms with E-state index >= 15 is 0 Å². The Labute approximate surface area is 96.6 Å².